The molecule has 0 aliphatic rings. The zero-order valence-electron chi connectivity index (χ0n) is 9.98. The molecule has 20 heavy (non-hydrogen) atoms. The third-order valence-electron chi connectivity index (χ3n) is 2.45. The minimum Gasteiger partial charge on any atom is -0.453 e. The topological polar surface area (TPSA) is 67.8 Å². The smallest absolute Gasteiger partial charge is 0.170 e. The molecule has 0 atom stereocenters. The van der Waals surface area contributed by atoms with Crippen LogP contribution in [0.1, 0.15) is 5.56 Å². The molecule has 0 spiro atoms. The SMILES string of the molecule is NC(=NO)c1ccc(Oc2cc(F)ccc2F)c(Cl)c1. The molecule has 0 aromatic heterocycles. The Morgan fingerprint density at radius 1 is 1.15 bits per heavy atom. The van der Waals surface area contributed by atoms with Crippen LogP contribution in [0.5, 0.6) is 11.5 Å². The van der Waals surface area contributed by atoms with Gasteiger partial charge in [0.1, 0.15) is 11.6 Å². The van der Waals surface area contributed by atoms with E-state index in [1.54, 1.807) is 0 Å². The summed E-state index contributed by atoms with van der Waals surface area (Å²) in [6, 6.07) is 7.08. The summed E-state index contributed by atoms with van der Waals surface area (Å²) in [6.45, 7) is 0. The first-order valence-corrected chi connectivity index (χ1v) is 5.79. The second-order valence-corrected chi connectivity index (χ2v) is 4.21. The fourth-order valence-electron chi connectivity index (χ4n) is 1.47. The highest BCUT2D eigenvalue weighted by atomic mass is 35.5. The van der Waals surface area contributed by atoms with Gasteiger partial charge < -0.3 is 15.7 Å². The quantitative estimate of drug-likeness (QED) is 0.394. The van der Waals surface area contributed by atoms with Gasteiger partial charge in [0.05, 0.1) is 5.02 Å². The number of rotatable bonds is 3. The van der Waals surface area contributed by atoms with Gasteiger partial charge in [-0.05, 0) is 30.3 Å². The molecule has 3 N–H and O–H groups in total. The van der Waals surface area contributed by atoms with Crippen molar-refractivity contribution < 1.29 is 18.7 Å². The van der Waals surface area contributed by atoms with Crippen LogP contribution in [-0.4, -0.2) is 11.0 Å². The van der Waals surface area contributed by atoms with E-state index in [1.165, 1.54) is 18.2 Å². The molecule has 0 bridgehead atoms. The number of nitrogens with two attached hydrogens (primary N) is 1. The number of ether oxygens (including phenoxy) is 1. The molecule has 0 aliphatic carbocycles. The van der Waals surface area contributed by atoms with Crippen LogP contribution in [0.3, 0.4) is 0 Å². The van der Waals surface area contributed by atoms with Crippen LogP contribution in [0.2, 0.25) is 5.02 Å². The van der Waals surface area contributed by atoms with Gasteiger partial charge in [0.15, 0.2) is 17.4 Å². The normalized spacial score (nSPS) is 11.4. The predicted molar refractivity (Wildman–Crippen MR) is 70.4 cm³/mol. The van der Waals surface area contributed by atoms with Gasteiger partial charge >= 0.3 is 0 Å². The van der Waals surface area contributed by atoms with E-state index in [-0.39, 0.29) is 22.4 Å². The standard InChI is InChI=1S/C13H9ClF2N2O2/c14-9-5-7(13(17)18-19)1-4-11(9)20-12-6-8(15)2-3-10(12)16/h1-6,19H,(H2,17,18). The van der Waals surface area contributed by atoms with Crippen molar-refractivity contribution in [3.05, 3.63) is 58.6 Å². The Kier molecular flexibility index (Phi) is 4.05. The van der Waals surface area contributed by atoms with Crippen LogP contribution < -0.4 is 10.5 Å². The summed E-state index contributed by atoms with van der Waals surface area (Å²) < 4.78 is 31.7. The Morgan fingerprint density at radius 2 is 1.90 bits per heavy atom. The molecule has 0 fully saturated rings. The van der Waals surface area contributed by atoms with Crippen molar-refractivity contribution in [2.24, 2.45) is 10.9 Å². The van der Waals surface area contributed by atoms with E-state index in [1.807, 2.05) is 0 Å². The van der Waals surface area contributed by atoms with E-state index < -0.39 is 11.6 Å². The van der Waals surface area contributed by atoms with Crippen LogP contribution in [-0.2, 0) is 0 Å². The summed E-state index contributed by atoms with van der Waals surface area (Å²) >= 11 is 5.94. The van der Waals surface area contributed by atoms with Crippen LogP contribution in [0.15, 0.2) is 41.6 Å². The average molecular weight is 299 g/mol. The van der Waals surface area contributed by atoms with E-state index >= 15 is 0 Å². The Hall–Kier alpha value is -2.34. The molecule has 0 unspecified atom stereocenters. The van der Waals surface area contributed by atoms with Crippen molar-refractivity contribution in [2.75, 3.05) is 0 Å². The zero-order valence-corrected chi connectivity index (χ0v) is 10.7. The summed E-state index contributed by atoms with van der Waals surface area (Å²) in [5.41, 5.74) is 5.77. The molecule has 4 nitrogen and oxygen atoms in total. The first-order chi connectivity index (χ1) is 9.51. The second kappa shape index (κ2) is 5.75. The third kappa shape index (κ3) is 2.97. The maximum Gasteiger partial charge on any atom is 0.170 e. The monoisotopic (exact) mass is 298 g/mol. The molecule has 2 aromatic carbocycles. The number of hydrogen-bond acceptors (Lipinski definition) is 3. The lowest BCUT2D eigenvalue weighted by atomic mass is 10.2. The molecule has 0 saturated carbocycles. The largest absolute Gasteiger partial charge is 0.453 e. The predicted octanol–water partition coefficient (Wildman–Crippen LogP) is 3.51. The molecular formula is C13H9ClF2N2O2. The minimum atomic E-state index is -0.719. The van der Waals surface area contributed by atoms with Gasteiger partial charge in [-0.1, -0.05) is 16.8 Å². The third-order valence-corrected chi connectivity index (χ3v) is 2.74. The molecule has 0 saturated heterocycles. The van der Waals surface area contributed by atoms with Crippen molar-refractivity contribution in [3.8, 4) is 11.5 Å². The summed E-state index contributed by atoms with van der Waals surface area (Å²) in [6.07, 6.45) is 0. The Labute approximate surface area is 118 Å². The average Bonchev–Trinajstić information content (AvgIpc) is 2.44. The van der Waals surface area contributed by atoms with E-state index in [9.17, 15) is 8.78 Å². The first kappa shape index (κ1) is 14.1. The van der Waals surface area contributed by atoms with E-state index in [4.69, 9.17) is 27.3 Å². The van der Waals surface area contributed by atoms with Gasteiger partial charge in [-0.25, -0.2) is 8.78 Å². The van der Waals surface area contributed by atoms with Crippen molar-refractivity contribution in [2.45, 2.75) is 0 Å². The maximum atomic E-state index is 13.4. The summed E-state index contributed by atoms with van der Waals surface area (Å²) in [5, 5.41) is 11.5. The molecule has 2 aromatic rings. The summed E-state index contributed by atoms with van der Waals surface area (Å²) in [5.74, 6) is -1.65. The van der Waals surface area contributed by atoms with Crippen LogP contribution in [0.25, 0.3) is 0 Å². The maximum absolute atomic E-state index is 13.4. The van der Waals surface area contributed by atoms with Crippen molar-refractivity contribution >= 4 is 17.4 Å². The van der Waals surface area contributed by atoms with E-state index in [0.29, 0.717) is 5.56 Å². The fourth-order valence-corrected chi connectivity index (χ4v) is 1.69. The highest BCUT2D eigenvalue weighted by Gasteiger charge is 2.10. The van der Waals surface area contributed by atoms with Crippen molar-refractivity contribution in [1.82, 2.24) is 0 Å². The van der Waals surface area contributed by atoms with Crippen LogP contribution in [0.4, 0.5) is 8.78 Å². The first-order valence-electron chi connectivity index (χ1n) is 5.41. The van der Waals surface area contributed by atoms with Gasteiger partial charge in [-0.3, -0.25) is 0 Å². The number of benzene rings is 2. The lowest BCUT2D eigenvalue weighted by Gasteiger charge is -2.09. The number of nitrogens with zero attached hydrogens (tertiary/aromatic N) is 1. The molecule has 0 radical (unpaired) electrons. The molecule has 0 aliphatic heterocycles. The summed E-state index contributed by atoms with van der Waals surface area (Å²) in [4.78, 5) is 0. The van der Waals surface area contributed by atoms with E-state index in [2.05, 4.69) is 5.16 Å². The second-order valence-electron chi connectivity index (χ2n) is 3.81. The molecule has 7 heteroatoms. The number of oxime groups is 1. The Morgan fingerprint density at radius 3 is 2.55 bits per heavy atom. The van der Waals surface area contributed by atoms with Crippen molar-refractivity contribution in [3.63, 3.8) is 0 Å². The molecule has 2 rings (SSSR count). The Balaban J connectivity index is 2.33. The lowest BCUT2D eigenvalue weighted by Crippen LogP contribution is -2.12. The van der Waals surface area contributed by atoms with Gasteiger partial charge in [-0.15, -0.1) is 0 Å². The highest BCUT2D eigenvalue weighted by Crippen LogP contribution is 2.31. The number of hydrogen-bond donors (Lipinski definition) is 2. The van der Waals surface area contributed by atoms with Crippen LogP contribution >= 0.6 is 11.6 Å². The number of amidine groups is 1. The molecule has 0 amide bonds. The van der Waals surface area contributed by atoms with Gasteiger partial charge in [0.25, 0.3) is 0 Å². The van der Waals surface area contributed by atoms with Crippen LogP contribution in [0, 0.1) is 11.6 Å². The van der Waals surface area contributed by atoms with Gasteiger partial charge in [0, 0.05) is 11.6 Å². The van der Waals surface area contributed by atoms with Crippen molar-refractivity contribution in [1.29, 1.82) is 0 Å². The highest BCUT2D eigenvalue weighted by molar-refractivity contribution is 6.32. The molecule has 0 heterocycles. The fraction of sp³-hybridized carbons (Fsp3) is 0. The summed E-state index contributed by atoms with van der Waals surface area (Å²) in [7, 11) is 0. The zero-order chi connectivity index (χ0) is 14.7. The van der Waals surface area contributed by atoms with Gasteiger partial charge in [-0.2, -0.15) is 0 Å². The van der Waals surface area contributed by atoms with E-state index in [0.717, 1.165) is 18.2 Å². The molecular weight excluding hydrogens is 290 g/mol. The lowest BCUT2D eigenvalue weighted by molar-refractivity contribution is 0.318. The minimum absolute atomic E-state index is 0.109. The van der Waals surface area contributed by atoms with Gasteiger partial charge in [0.2, 0.25) is 0 Å². The molecule has 104 valence electrons. The number of halogens is 3. The Bertz CT molecular complexity index is 677.